The minimum absolute atomic E-state index is 0.0591. The minimum Gasteiger partial charge on any atom is -0.481 e. The Bertz CT molecular complexity index is 819. The average molecular weight is 371 g/mol. The number of hydrogen-bond acceptors (Lipinski definition) is 4. The third-order valence-electron chi connectivity index (χ3n) is 4.33. The first kappa shape index (κ1) is 18.3. The van der Waals surface area contributed by atoms with Crippen LogP contribution >= 0.6 is 11.8 Å². The quantitative estimate of drug-likeness (QED) is 0.812. The summed E-state index contributed by atoms with van der Waals surface area (Å²) in [5, 5.41) is 11.6. The molecule has 0 fully saturated rings. The molecule has 2 N–H and O–H groups in total. The summed E-state index contributed by atoms with van der Waals surface area (Å²) in [5.74, 6) is 0.422. The van der Waals surface area contributed by atoms with E-state index in [1.807, 2.05) is 37.3 Å². The van der Waals surface area contributed by atoms with E-state index in [0.29, 0.717) is 17.9 Å². The number of hydrogen-bond donors (Lipinski definition) is 2. The summed E-state index contributed by atoms with van der Waals surface area (Å²) in [7, 11) is 0. The van der Waals surface area contributed by atoms with Gasteiger partial charge in [-0.1, -0.05) is 18.2 Å². The Morgan fingerprint density at radius 3 is 2.77 bits per heavy atom. The number of nitrogens with one attached hydrogen (secondary N) is 1. The maximum atomic E-state index is 12.5. The summed E-state index contributed by atoms with van der Waals surface area (Å²) in [5.41, 5.74) is 5.06. The standard InChI is InChI=1S/C20H21NO4S/c1-12-6-15-9-18(25-17(15)7-13(12)2)20(24)21-16-5-3-4-14(8-16)10-26-11-19(22)23/h3-8,18H,9-11H2,1-2H3,(H,21,24)(H,22,23). The zero-order valence-corrected chi connectivity index (χ0v) is 15.6. The number of thioether (sulfide) groups is 1. The van der Waals surface area contributed by atoms with Gasteiger partial charge in [-0.2, -0.15) is 0 Å². The molecule has 26 heavy (non-hydrogen) atoms. The van der Waals surface area contributed by atoms with Crippen LogP contribution in [0.25, 0.3) is 0 Å². The highest BCUT2D eigenvalue weighted by Crippen LogP contribution is 2.32. The number of amides is 1. The van der Waals surface area contributed by atoms with Crippen LogP contribution in [0.1, 0.15) is 22.3 Å². The maximum Gasteiger partial charge on any atom is 0.313 e. The molecule has 1 atom stereocenters. The summed E-state index contributed by atoms with van der Waals surface area (Å²) < 4.78 is 5.82. The van der Waals surface area contributed by atoms with Gasteiger partial charge in [0.15, 0.2) is 6.10 Å². The van der Waals surface area contributed by atoms with Gasteiger partial charge >= 0.3 is 5.97 Å². The van der Waals surface area contributed by atoms with Crippen LogP contribution in [0.4, 0.5) is 5.69 Å². The lowest BCUT2D eigenvalue weighted by Crippen LogP contribution is -2.31. The molecule has 0 saturated carbocycles. The van der Waals surface area contributed by atoms with Crippen LogP contribution in [-0.2, 0) is 21.8 Å². The number of ether oxygens (including phenoxy) is 1. The molecule has 136 valence electrons. The molecule has 5 nitrogen and oxygen atoms in total. The van der Waals surface area contributed by atoms with Crippen LogP contribution in [0.15, 0.2) is 36.4 Å². The predicted octanol–water partition coefficient (Wildman–Crippen LogP) is 3.56. The summed E-state index contributed by atoms with van der Waals surface area (Å²) in [4.78, 5) is 23.1. The fourth-order valence-electron chi connectivity index (χ4n) is 2.88. The molecule has 0 bridgehead atoms. The number of rotatable bonds is 6. The third kappa shape index (κ3) is 4.38. The van der Waals surface area contributed by atoms with Gasteiger partial charge in [0.25, 0.3) is 5.91 Å². The number of fused-ring (bicyclic) bond motifs is 1. The van der Waals surface area contributed by atoms with Crippen molar-refractivity contribution in [2.24, 2.45) is 0 Å². The van der Waals surface area contributed by atoms with Gasteiger partial charge in [-0.15, -0.1) is 11.8 Å². The van der Waals surface area contributed by atoms with Gasteiger partial charge in [0.1, 0.15) is 5.75 Å². The molecule has 0 aliphatic carbocycles. The average Bonchev–Trinajstić information content (AvgIpc) is 2.98. The van der Waals surface area contributed by atoms with Crippen LogP contribution in [-0.4, -0.2) is 28.8 Å². The number of carbonyl (C=O) groups is 2. The van der Waals surface area contributed by atoms with Crippen molar-refractivity contribution in [2.75, 3.05) is 11.1 Å². The van der Waals surface area contributed by atoms with Crippen LogP contribution < -0.4 is 10.1 Å². The topological polar surface area (TPSA) is 75.6 Å². The summed E-state index contributed by atoms with van der Waals surface area (Å²) in [6.45, 7) is 4.08. The molecule has 1 amide bonds. The highest BCUT2D eigenvalue weighted by Gasteiger charge is 2.29. The van der Waals surface area contributed by atoms with E-state index in [0.717, 1.165) is 22.4 Å². The Hall–Kier alpha value is -2.47. The largest absolute Gasteiger partial charge is 0.481 e. The Labute approximate surface area is 156 Å². The minimum atomic E-state index is -0.831. The van der Waals surface area contributed by atoms with Crippen LogP contribution in [0, 0.1) is 13.8 Å². The fraction of sp³-hybridized carbons (Fsp3) is 0.300. The van der Waals surface area contributed by atoms with Gasteiger partial charge in [-0.3, -0.25) is 9.59 Å². The van der Waals surface area contributed by atoms with Crippen molar-refractivity contribution >= 4 is 29.3 Å². The van der Waals surface area contributed by atoms with Gasteiger partial charge in [0, 0.05) is 17.9 Å². The van der Waals surface area contributed by atoms with Crippen LogP contribution in [0.5, 0.6) is 5.75 Å². The molecule has 1 aliphatic heterocycles. The Morgan fingerprint density at radius 1 is 1.23 bits per heavy atom. The van der Waals surface area contributed by atoms with E-state index in [-0.39, 0.29) is 11.7 Å². The van der Waals surface area contributed by atoms with E-state index in [9.17, 15) is 9.59 Å². The summed E-state index contributed by atoms with van der Waals surface area (Å²) >= 11 is 1.32. The SMILES string of the molecule is Cc1cc2c(cc1C)OC(C(=O)Nc1cccc(CSCC(=O)O)c1)C2. The molecule has 0 spiro atoms. The molecular formula is C20H21NO4S. The van der Waals surface area contributed by atoms with Gasteiger partial charge in [-0.25, -0.2) is 0 Å². The number of carboxylic acid groups (broad SMARTS) is 1. The molecule has 0 aromatic heterocycles. The number of aliphatic carboxylic acids is 1. The molecule has 1 aliphatic rings. The predicted molar refractivity (Wildman–Crippen MR) is 103 cm³/mol. The second-order valence-electron chi connectivity index (χ2n) is 6.43. The molecular weight excluding hydrogens is 350 g/mol. The zero-order chi connectivity index (χ0) is 18.7. The van der Waals surface area contributed by atoms with Crippen molar-refractivity contribution in [3.63, 3.8) is 0 Å². The van der Waals surface area contributed by atoms with Crippen molar-refractivity contribution in [1.82, 2.24) is 0 Å². The number of aryl methyl sites for hydroxylation is 2. The first-order valence-electron chi connectivity index (χ1n) is 8.38. The van der Waals surface area contributed by atoms with E-state index in [2.05, 4.69) is 18.3 Å². The smallest absolute Gasteiger partial charge is 0.313 e. The van der Waals surface area contributed by atoms with E-state index in [1.54, 1.807) is 0 Å². The second kappa shape index (κ2) is 7.83. The van der Waals surface area contributed by atoms with E-state index in [4.69, 9.17) is 9.84 Å². The molecule has 1 heterocycles. The normalized spacial score (nSPS) is 15.2. The van der Waals surface area contributed by atoms with Crippen molar-refractivity contribution in [3.8, 4) is 5.75 Å². The highest BCUT2D eigenvalue weighted by atomic mass is 32.2. The van der Waals surface area contributed by atoms with Crippen molar-refractivity contribution < 1.29 is 19.4 Å². The molecule has 3 rings (SSSR count). The zero-order valence-electron chi connectivity index (χ0n) is 14.7. The first-order valence-corrected chi connectivity index (χ1v) is 9.54. The van der Waals surface area contributed by atoms with Gasteiger partial charge < -0.3 is 15.2 Å². The Morgan fingerprint density at radius 2 is 2.00 bits per heavy atom. The molecule has 2 aromatic rings. The van der Waals surface area contributed by atoms with Gasteiger partial charge in [-0.05, 0) is 54.3 Å². The molecule has 0 radical (unpaired) electrons. The number of benzene rings is 2. The van der Waals surface area contributed by atoms with Crippen LogP contribution in [0.3, 0.4) is 0 Å². The molecule has 1 unspecified atom stereocenters. The van der Waals surface area contributed by atoms with Gasteiger partial charge in [0.2, 0.25) is 0 Å². The molecule has 0 saturated heterocycles. The third-order valence-corrected chi connectivity index (χ3v) is 5.32. The fourth-order valence-corrected chi connectivity index (χ4v) is 3.57. The Balaban J connectivity index is 1.61. The molecule has 6 heteroatoms. The van der Waals surface area contributed by atoms with Crippen molar-refractivity contribution in [1.29, 1.82) is 0 Å². The molecule has 2 aromatic carbocycles. The van der Waals surface area contributed by atoms with E-state index < -0.39 is 12.1 Å². The lowest BCUT2D eigenvalue weighted by Gasteiger charge is -2.12. The lowest BCUT2D eigenvalue weighted by atomic mass is 10.0. The summed E-state index contributed by atoms with van der Waals surface area (Å²) in [6.07, 6.45) is 0.0347. The van der Waals surface area contributed by atoms with Crippen LogP contribution in [0.2, 0.25) is 0 Å². The number of anilines is 1. The first-order chi connectivity index (χ1) is 12.4. The van der Waals surface area contributed by atoms with E-state index in [1.165, 1.54) is 17.3 Å². The second-order valence-corrected chi connectivity index (χ2v) is 7.42. The van der Waals surface area contributed by atoms with E-state index >= 15 is 0 Å². The van der Waals surface area contributed by atoms with Crippen molar-refractivity contribution in [3.05, 3.63) is 58.7 Å². The number of carbonyl (C=O) groups excluding carboxylic acids is 1. The highest BCUT2D eigenvalue weighted by molar-refractivity contribution is 7.99. The monoisotopic (exact) mass is 371 g/mol. The van der Waals surface area contributed by atoms with Gasteiger partial charge in [0.05, 0.1) is 5.75 Å². The Kier molecular flexibility index (Phi) is 5.52. The lowest BCUT2D eigenvalue weighted by molar-refractivity contribution is -0.133. The van der Waals surface area contributed by atoms with Crippen molar-refractivity contribution in [2.45, 2.75) is 32.1 Å². The number of carboxylic acids is 1. The summed E-state index contributed by atoms with van der Waals surface area (Å²) in [6, 6.07) is 11.5. The maximum absolute atomic E-state index is 12.5.